The Hall–Kier alpha value is 0.606. The van der Waals surface area contributed by atoms with Gasteiger partial charge >= 0.3 is 27.2 Å². The molecule has 8 nitrogen and oxygen atoms in total. The minimum absolute atomic E-state index is 0.420. The predicted octanol–water partition coefficient (Wildman–Crippen LogP) is 2.38. The van der Waals surface area contributed by atoms with Gasteiger partial charge in [-0.2, -0.15) is 0 Å². The van der Waals surface area contributed by atoms with Gasteiger partial charge in [0.1, 0.15) is 0 Å². The summed E-state index contributed by atoms with van der Waals surface area (Å²) in [6, 6.07) is 0. The first-order valence-electron chi connectivity index (χ1n) is 18.3. The van der Waals surface area contributed by atoms with Crippen molar-refractivity contribution in [2.24, 2.45) is 47.3 Å². The fourth-order valence-electron chi connectivity index (χ4n) is 12.0. The molecule has 9 aliphatic rings. The number of rotatable bonds is 0. The summed E-state index contributed by atoms with van der Waals surface area (Å²) < 4.78 is 0. The molecular formula is C32H58ClGaN8. The zero-order valence-corrected chi connectivity index (χ0v) is 30.9. The molecule has 0 radical (unpaired) electrons. The molecule has 9 rings (SSSR count). The van der Waals surface area contributed by atoms with E-state index >= 15 is 0 Å². The predicted molar refractivity (Wildman–Crippen MR) is 172 cm³/mol. The van der Waals surface area contributed by atoms with Crippen LogP contribution < -0.4 is 42.5 Å². The summed E-state index contributed by atoms with van der Waals surface area (Å²) in [4.78, 5) is 0. The Morgan fingerprint density at radius 2 is 0.381 bits per heavy atom. The molecule has 5 aliphatic heterocycles. The first kappa shape index (κ1) is 30.0. The molecule has 42 heavy (non-hydrogen) atoms. The van der Waals surface area contributed by atoms with Crippen LogP contribution in [0.3, 0.4) is 0 Å². The summed E-state index contributed by atoms with van der Waals surface area (Å²) >= 11 is 0.535. The molecule has 4 aliphatic carbocycles. The molecule has 0 amide bonds. The first-order chi connectivity index (χ1) is 20.8. The fraction of sp³-hybridized carbons (Fsp3) is 1.00. The molecule has 4 saturated carbocycles. The quantitative estimate of drug-likeness (QED) is 0.188. The van der Waals surface area contributed by atoms with Crippen LogP contribution in [-0.2, 0) is 0 Å². The zero-order chi connectivity index (χ0) is 28.2. The van der Waals surface area contributed by atoms with Crippen LogP contribution in [0.15, 0.2) is 0 Å². The van der Waals surface area contributed by atoms with E-state index in [0.717, 1.165) is 47.3 Å². The van der Waals surface area contributed by atoms with Crippen molar-refractivity contribution in [1.29, 1.82) is 0 Å². The van der Waals surface area contributed by atoms with Crippen LogP contribution in [-0.4, -0.2) is 66.9 Å². The molecule has 5 saturated heterocycles. The third kappa shape index (κ3) is 5.40. The molecule has 9 fully saturated rings. The van der Waals surface area contributed by atoms with Crippen LogP contribution >= 0.6 is 9.64 Å². The van der Waals surface area contributed by atoms with Gasteiger partial charge in [0.2, 0.25) is 0 Å². The van der Waals surface area contributed by atoms with Crippen LogP contribution in [0, 0.1) is 47.3 Å². The average molecular weight is 660 g/mol. The molecule has 0 aromatic carbocycles. The molecule has 8 N–H and O–H groups in total. The van der Waals surface area contributed by atoms with E-state index in [0.29, 0.717) is 66.9 Å². The Kier molecular flexibility index (Phi) is 9.29. The van der Waals surface area contributed by atoms with Crippen molar-refractivity contribution in [3.05, 3.63) is 0 Å². The number of hydrogen-bond acceptors (Lipinski definition) is 8. The van der Waals surface area contributed by atoms with Crippen LogP contribution in [0.1, 0.15) is 103 Å². The van der Waals surface area contributed by atoms with Gasteiger partial charge in [-0.3, -0.25) is 42.5 Å². The summed E-state index contributed by atoms with van der Waals surface area (Å²) in [5, 5.41) is 33.8. The standard InChI is InChI=1S/C32H56N8.ClH.Ga.2H/c1-2-10-18-17(9-1)25-33-26(18)38-28-21-13-5-6-14-22(21)30(35-28)40-32-24-16-8-7-15-23(24)31(36-32)39-29-20-12-4-3-11-19(20)27(34-29)37-25;;;;/h17-40H,1-16H2;1H;;;/q;;+1;;/p-1. The van der Waals surface area contributed by atoms with Crippen molar-refractivity contribution in [2.45, 2.75) is 152 Å². The van der Waals surface area contributed by atoms with Crippen molar-refractivity contribution in [1.82, 2.24) is 42.5 Å². The van der Waals surface area contributed by atoms with Gasteiger partial charge in [-0.05, 0) is 98.7 Å². The topological polar surface area (TPSA) is 96.2 Å². The van der Waals surface area contributed by atoms with Crippen molar-refractivity contribution >= 4 is 27.2 Å². The van der Waals surface area contributed by atoms with E-state index in [1.54, 1.807) is 0 Å². The second kappa shape index (κ2) is 13.0. The molecule has 5 heterocycles. The van der Waals surface area contributed by atoms with Gasteiger partial charge in [0.25, 0.3) is 0 Å². The van der Waals surface area contributed by atoms with Crippen LogP contribution in [0.4, 0.5) is 0 Å². The monoisotopic (exact) mass is 658 g/mol. The van der Waals surface area contributed by atoms with Gasteiger partial charge < -0.3 is 0 Å². The number of hydrogen-bond donors (Lipinski definition) is 8. The van der Waals surface area contributed by atoms with Crippen LogP contribution in [0.2, 0.25) is 0 Å². The molecule has 8 atom stereocenters. The van der Waals surface area contributed by atoms with E-state index in [1.165, 1.54) is 103 Å². The Bertz CT molecular complexity index is 723. The van der Waals surface area contributed by atoms with E-state index < -0.39 is 0 Å². The number of nitrogens with one attached hydrogen (secondary N) is 8. The van der Waals surface area contributed by atoms with Gasteiger partial charge in [0.15, 0.2) is 0 Å². The summed E-state index contributed by atoms with van der Waals surface area (Å²) in [5.74, 6) is 5.97. The van der Waals surface area contributed by atoms with Gasteiger partial charge in [0, 0.05) is 0 Å². The van der Waals surface area contributed by atoms with E-state index in [1.807, 2.05) is 0 Å². The van der Waals surface area contributed by atoms with Crippen LogP contribution in [0.5, 0.6) is 0 Å². The van der Waals surface area contributed by atoms with E-state index in [2.05, 4.69) is 42.5 Å². The minimum atomic E-state index is 0.420. The summed E-state index contributed by atoms with van der Waals surface area (Å²) in [6.07, 6.45) is 25.6. The van der Waals surface area contributed by atoms with Gasteiger partial charge in [-0.25, -0.2) is 0 Å². The second-order valence-corrected chi connectivity index (χ2v) is 15.6. The Morgan fingerprint density at radius 1 is 0.262 bits per heavy atom. The third-order valence-corrected chi connectivity index (χ3v) is 13.8. The Balaban J connectivity index is 0.00000131. The summed E-state index contributed by atoms with van der Waals surface area (Å²) in [6.45, 7) is 0. The molecule has 0 aromatic rings. The van der Waals surface area contributed by atoms with Crippen LogP contribution in [0.25, 0.3) is 0 Å². The fourth-order valence-corrected chi connectivity index (χ4v) is 12.0. The summed E-state index contributed by atoms with van der Waals surface area (Å²) in [5.41, 5.74) is 0. The van der Waals surface area contributed by atoms with E-state index in [4.69, 9.17) is 9.64 Å². The van der Waals surface area contributed by atoms with Gasteiger partial charge in [-0.1, -0.05) is 51.4 Å². The van der Waals surface area contributed by atoms with Gasteiger partial charge in [-0.15, -0.1) is 0 Å². The Morgan fingerprint density at radius 3 is 0.500 bits per heavy atom. The number of fused-ring (bicyclic) bond motifs is 20. The van der Waals surface area contributed by atoms with Crippen molar-refractivity contribution in [3.8, 4) is 0 Å². The molecule has 8 unspecified atom stereocenters. The molecule has 0 spiro atoms. The third-order valence-electron chi connectivity index (χ3n) is 13.8. The molecule has 0 aromatic heterocycles. The SMILES string of the molecule is C1CCC2C3NC(NC4NC(NC5NC(NC6NC(N3)C3CCCCC63)C3CCCCC53)C3CCCCC43)C2C1.[Cl][GaH2]. The van der Waals surface area contributed by atoms with E-state index in [-0.39, 0.29) is 0 Å². The normalized spacial score (nSPS) is 55.0. The molecule has 236 valence electrons. The average Bonchev–Trinajstić information content (AvgIpc) is 3.78. The summed E-state index contributed by atoms with van der Waals surface area (Å²) in [7, 11) is 4.83. The van der Waals surface area contributed by atoms with Crippen molar-refractivity contribution in [3.63, 3.8) is 0 Å². The second-order valence-electron chi connectivity index (χ2n) is 15.6. The van der Waals surface area contributed by atoms with Crippen molar-refractivity contribution < 1.29 is 0 Å². The van der Waals surface area contributed by atoms with Gasteiger partial charge in [0.05, 0.1) is 49.3 Å². The zero-order valence-electron chi connectivity index (χ0n) is 25.9. The maximum absolute atomic E-state index is 4.83. The first-order valence-corrected chi connectivity index (χ1v) is 23.8. The molecular weight excluding hydrogens is 602 g/mol. The molecule has 8 bridgehead atoms. The van der Waals surface area contributed by atoms with Crippen molar-refractivity contribution in [2.75, 3.05) is 0 Å². The van der Waals surface area contributed by atoms with E-state index in [9.17, 15) is 0 Å². The number of halogens is 1. The molecule has 10 heteroatoms. The maximum atomic E-state index is 4.83. The Labute approximate surface area is 268 Å².